The van der Waals surface area contributed by atoms with Gasteiger partial charge in [0.25, 0.3) is 0 Å². The number of piperazine rings is 1. The quantitative estimate of drug-likeness (QED) is 0.516. The molecule has 0 unspecified atom stereocenters. The molecule has 1 heterocycles. The Kier molecular flexibility index (Phi) is 5.88. The number of hydrogen-bond donors (Lipinski definition) is 1. The first-order valence-corrected chi connectivity index (χ1v) is 5.90. The van der Waals surface area contributed by atoms with Gasteiger partial charge in [-0.1, -0.05) is 12.5 Å². The molecule has 82 valence electrons. The topological polar surface area (TPSA) is 15.3 Å². The van der Waals surface area contributed by atoms with Crippen molar-refractivity contribution in [2.24, 2.45) is 0 Å². The third-order valence-electron chi connectivity index (χ3n) is 2.99. The van der Waals surface area contributed by atoms with E-state index >= 15 is 0 Å². The maximum Gasteiger partial charge on any atom is 0.0192 e. The van der Waals surface area contributed by atoms with Crippen LogP contribution in [0.15, 0.2) is 12.7 Å². The minimum absolute atomic E-state index is 0.725. The summed E-state index contributed by atoms with van der Waals surface area (Å²) in [5.41, 5.74) is 0. The van der Waals surface area contributed by atoms with Crippen molar-refractivity contribution >= 4 is 0 Å². The van der Waals surface area contributed by atoms with Gasteiger partial charge in [0.2, 0.25) is 0 Å². The minimum atomic E-state index is 0.725. The maximum absolute atomic E-state index is 3.74. The van der Waals surface area contributed by atoms with Gasteiger partial charge in [-0.25, -0.2) is 0 Å². The summed E-state index contributed by atoms with van der Waals surface area (Å²) in [5, 5.41) is 3.42. The Morgan fingerprint density at radius 2 is 2.29 bits per heavy atom. The van der Waals surface area contributed by atoms with E-state index in [1.54, 1.807) is 0 Å². The highest BCUT2D eigenvalue weighted by Crippen LogP contribution is 2.06. The molecule has 1 aliphatic rings. The van der Waals surface area contributed by atoms with Crippen LogP contribution in [0.3, 0.4) is 0 Å². The highest BCUT2D eigenvalue weighted by molar-refractivity contribution is 4.75. The Hall–Kier alpha value is -0.340. The lowest BCUT2D eigenvalue weighted by atomic mass is 10.1. The lowest BCUT2D eigenvalue weighted by Crippen LogP contribution is -2.49. The molecule has 1 rings (SSSR count). The van der Waals surface area contributed by atoms with Crippen LogP contribution in [-0.4, -0.2) is 37.1 Å². The maximum atomic E-state index is 3.74. The summed E-state index contributed by atoms with van der Waals surface area (Å²) in [6.07, 6.45) is 7.20. The second-order valence-electron chi connectivity index (χ2n) is 4.23. The molecular formula is C12H24N2. The molecule has 0 saturated carbocycles. The SMILES string of the molecule is C=CCCCCCN1CCNC[C@@H]1C. The predicted octanol–water partition coefficient (Wildman–Crippen LogP) is 2.03. The van der Waals surface area contributed by atoms with Gasteiger partial charge in [0.05, 0.1) is 0 Å². The third-order valence-corrected chi connectivity index (χ3v) is 2.99. The molecule has 1 aliphatic heterocycles. The largest absolute Gasteiger partial charge is 0.314 e. The van der Waals surface area contributed by atoms with E-state index in [-0.39, 0.29) is 0 Å². The zero-order valence-corrected chi connectivity index (χ0v) is 9.47. The first-order valence-electron chi connectivity index (χ1n) is 5.90. The van der Waals surface area contributed by atoms with Crippen LogP contribution in [0.5, 0.6) is 0 Å². The average Bonchev–Trinajstić information content (AvgIpc) is 2.20. The molecule has 1 N–H and O–H groups in total. The lowest BCUT2D eigenvalue weighted by molar-refractivity contribution is 0.170. The van der Waals surface area contributed by atoms with E-state index in [9.17, 15) is 0 Å². The van der Waals surface area contributed by atoms with Gasteiger partial charge in [-0.3, -0.25) is 4.90 Å². The Balaban J connectivity index is 2.01. The molecule has 0 bridgehead atoms. The fraction of sp³-hybridized carbons (Fsp3) is 0.833. The van der Waals surface area contributed by atoms with E-state index in [1.165, 1.54) is 38.8 Å². The summed E-state index contributed by atoms with van der Waals surface area (Å²) < 4.78 is 0. The second-order valence-corrected chi connectivity index (χ2v) is 4.23. The van der Waals surface area contributed by atoms with Crippen molar-refractivity contribution in [3.05, 3.63) is 12.7 Å². The number of rotatable bonds is 6. The van der Waals surface area contributed by atoms with Gasteiger partial charge in [0.1, 0.15) is 0 Å². The fourth-order valence-electron chi connectivity index (χ4n) is 2.00. The van der Waals surface area contributed by atoms with E-state index in [2.05, 4.69) is 23.7 Å². The Morgan fingerprint density at radius 1 is 1.43 bits per heavy atom. The van der Waals surface area contributed by atoms with Crippen molar-refractivity contribution in [3.63, 3.8) is 0 Å². The molecule has 0 spiro atoms. The van der Waals surface area contributed by atoms with Crippen LogP contribution in [0.25, 0.3) is 0 Å². The highest BCUT2D eigenvalue weighted by Gasteiger charge is 2.16. The van der Waals surface area contributed by atoms with Crippen molar-refractivity contribution in [1.82, 2.24) is 10.2 Å². The van der Waals surface area contributed by atoms with Crippen LogP contribution in [0.1, 0.15) is 32.6 Å². The third kappa shape index (κ3) is 4.25. The summed E-state index contributed by atoms with van der Waals surface area (Å²) in [5.74, 6) is 0. The van der Waals surface area contributed by atoms with E-state index in [4.69, 9.17) is 0 Å². The van der Waals surface area contributed by atoms with Crippen LogP contribution in [0.2, 0.25) is 0 Å². The van der Waals surface area contributed by atoms with E-state index in [0.29, 0.717) is 0 Å². The number of nitrogens with one attached hydrogen (secondary N) is 1. The van der Waals surface area contributed by atoms with E-state index in [1.807, 2.05) is 6.08 Å². The standard InChI is InChI=1S/C12H24N2/c1-3-4-5-6-7-9-14-10-8-13-11-12(14)2/h3,12-13H,1,4-11H2,2H3/t12-/m0/s1. The monoisotopic (exact) mass is 196 g/mol. The second kappa shape index (κ2) is 7.02. The molecule has 0 aromatic heterocycles. The van der Waals surface area contributed by atoms with Crippen LogP contribution < -0.4 is 5.32 Å². The normalized spacial score (nSPS) is 23.6. The molecule has 2 heteroatoms. The van der Waals surface area contributed by atoms with Crippen LogP contribution in [0, 0.1) is 0 Å². The number of nitrogens with zero attached hydrogens (tertiary/aromatic N) is 1. The minimum Gasteiger partial charge on any atom is -0.314 e. The molecule has 14 heavy (non-hydrogen) atoms. The summed E-state index contributed by atoms with van der Waals surface area (Å²) in [7, 11) is 0. The predicted molar refractivity (Wildman–Crippen MR) is 62.6 cm³/mol. The first kappa shape index (κ1) is 11.7. The number of allylic oxidation sites excluding steroid dienone is 1. The fourth-order valence-corrected chi connectivity index (χ4v) is 2.00. The summed E-state index contributed by atoms with van der Waals surface area (Å²) in [6, 6.07) is 0.725. The molecule has 1 fully saturated rings. The zero-order valence-electron chi connectivity index (χ0n) is 9.47. The van der Waals surface area contributed by atoms with Gasteiger partial charge in [-0.15, -0.1) is 6.58 Å². The Bertz CT molecular complexity index is 156. The van der Waals surface area contributed by atoms with Gasteiger partial charge in [0, 0.05) is 25.7 Å². The van der Waals surface area contributed by atoms with Gasteiger partial charge in [-0.2, -0.15) is 0 Å². The smallest absolute Gasteiger partial charge is 0.0192 e. The van der Waals surface area contributed by atoms with Crippen molar-refractivity contribution < 1.29 is 0 Å². The molecule has 1 atom stereocenters. The molecule has 0 aromatic rings. The van der Waals surface area contributed by atoms with Gasteiger partial charge < -0.3 is 5.32 Å². The number of hydrogen-bond acceptors (Lipinski definition) is 2. The van der Waals surface area contributed by atoms with Crippen molar-refractivity contribution in [2.75, 3.05) is 26.2 Å². The van der Waals surface area contributed by atoms with Gasteiger partial charge >= 0.3 is 0 Å². The molecule has 0 aliphatic carbocycles. The molecule has 1 saturated heterocycles. The van der Waals surface area contributed by atoms with Crippen LogP contribution in [0.4, 0.5) is 0 Å². The highest BCUT2D eigenvalue weighted by atomic mass is 15.2. The Labute approximate surface area is 88.4 Å². The van der Waals surface area contributed by atoms with Crippen molar-refractivity contribution in [2.45, 2.75) is 38.6 Å². The van der Waals surface area contributed by atoms with Crippen molar-refractivity contribution in [1.29, 1.82) is 0 Å². The molecule has 0 radical (unpaired) electrons. The summed E-state index contributed by atoms with van der Waals surface area (Å²) in [6.45, 7) is 10.9. The average molecular weight is 196 g/mol. The first-order chi connectivity index (χ1) is 6.84. The van der Waals surface area contributed by atoms with E-state index in [0.717, 1.165) is 19.1 Å². The lowest BCUT2D eigenvalue weighted by Gasteiger charge is -2.33. The summed E-state index contributed by atoms with van der Waals surface area (Å²) >= 11 is 0. The molecule has 0 amide bonds. The summed E-state index contributed by atoms with van der Waals surface area (Å²) in [4.78, 5) is 2.60. The van der Waals surface area contributed by atoms with Gasteiger partial charge in [-0.05, 0) is 32.7 Å². The zero-order chi connectivity index (χ0) is 10.2. The van der Waals surface area contributed by atoms with Crippen LogP contribution in [-0.2, 0) is 0 Å². The Morgan fingerprint density at radius 3 is 3.00 bits per heavy atom. The van der Waals surface area contributed by atoms with Gasteiger partial charge in [0.15, 0.2) is 0 Å². The van der Waals surface area contributed by atoms with Crippen LogP contribution >= 0.6 is 0 Å². The molecule has 0 aromatic carbocycles. The molecular weight excluding hydrogens is 172 g/mol. The molecule has 2 nitrogen and oxygen atoms in total. The van der Waals surface area contributed by atoms with Crippen molar-refractivity contribution in [3.8, 4) is 0 Å². The van der Waals surface area contributed by atoms with E-state index < -0.39 is 0 Å². The number of unbranched alkanes of at least 4 members (excludes halogenated alkanes) is 3.